The van der Waals surface area contributed by atoms with Gasteiger partial charge in [-0.15, -0.1) is 0 Å². The van der Waals surface area contributed by atoms with Gasteiger partial charge in [0.25, 0.3) is 0 Å². The predicted molar refractivity (Wildman–Crippen MR) is 100 cm³/mol. The second-order valence-corrected chi connectivity index (χ2v) is 7.27. The van der Waals surface area contributed by atoms with Crippen LogP contribution in [-0.2, 0) is 0 Å². The molecule has 0 N–H and O–H groups in total. The predicted octanol–water partition coefficient (Wildman–Crippen LogP) is 5.16. The number of hydrogen-bond acceptors (Lipinski definition) is 3. The van der Waals surface area contributed by atoms with Crippen LogP contribution in [0.1, 0.15) is 37.1 Å². The van der Waals surface area contributed by atoms with Crippen LogP contribution >= 0.6 is 34.8 Å². The molecular formula is C18H13Cl3N4. The SMILES string of the molecule is C[C@H](c1ccc(Cl)cc1Cl)n1nc(C#CC2CC2)c2ncc(Cl)nc21. The lowest BCUT2D eigenvalue weighted by Gasteiger charge is -2.15. The van der Waals surface area contributed by atoms with E-state index in [-0.39, 0.29) is 6.04 Å². The molecule has 2 heterocycles. The molecule has 2 aromatic heterocycles. The van der Waals surface area contributed by atoms with E-state index in [9.17, 15) is 0 Å². The van der Waals surface area contributed by atoms with E-state index in [2.05, 4.69) is 26.9 Å². The minimum Gasteiger partial charge on any atom is -0.247 e. The Hall–Kier alpha value is -1.80. The fraction of sp³-hybridized carbons (Fsp3) is 0.278. The maximum atomic E-state index is 6.36. The van der Waals surface area contributed by atoms with Gasteiger partial charge in [0.1, 0.15) is 10.7 Å². The van der Waals surface area contributed by atoms with Crippen LogP contribution in [0.15, 0.2) is 24.4 Å². The molecule has 0 saturated heterocycles. The summed E-state index contributed by atoms with van der Waals surface area (Å²) in [5.41, 5.74) is 2.74. The number of benzene rings is 1. The van der Waals surface area contributed by atoms with Crippen molar-refractivity contribution in [2.75, 3.05) is 0 Å². The summed E-state index contributed by atoms with van der Waals surface area (Å²) in [5.74, 6) is 6.83. The van der Waals surface area contributed by atoms with E-state index in [1.807, 2.05) is 13.0 Å². The average Bonchev–Trinajstić information content (AvgIpc) is 3.33. The number of aromatic nitrogens is 4. The van der Waals surface area contributed by atoms with Crippen molar-refractivity contribution in [2.45, 2.75) is 25.8 Å². The van der Waals surface area contributed by atoms with Crippen molar-refractivity contribution >= 4 is 46.0 Å². The van der Waals surface area contributed by atoms with Crippen LogP contribution in [0, 0.1) is 17.8 Å². The molecule has 0 unspecified atom stereocenters. The molecule has 1 saturated carbocycles. The zero-order valence-electron chi connectivity index (χ0n) is 13.3. The van der Waals surface area contributed by atoms with Gasteiger partial charge in [-0.3, -0.25) is 0 Å². The molecule has 25 heavy (non-hydrogen) atoms. The summed E-state index contributed by atoms with van der Waals surface area (Å²) in [6.07, 6.45) is 3.82. The van der Waals surface area contributed by atoms with Gasteiger partial charge in [0.15, 0.2) is 11.3 Å². The maximum Gasteiger partial charge on any atom is 0.180 e. The van der Waals surface area contributed by atoms with Gasteiger partial charge in [-0.1, -0.05) is 46.8 Å². The summed E-state index contributed by atoms with van der Waals surface area (Å²) in [4.78, 5) is 8.78. The third-order valence-electron chi connectivity index (χ3n) is 4.13. The normalized spacial score (nSPS) is 15.0. The highest BCUT2D eigenvalue weighted by molar-refractivity contribution is 6.35. The number of nitrogens with zero attached hydrogens (tertiary/aromatic N) is 4. The fourth-order valence-electron chi connectivity index (χ4n) is 2.61. The van der Waals surface area contributed by atoms with E-state index in [4.69, 9.17) is 34.8 Å². The van der Waals surface area contributed by atoms with Gasteiger partial charge in [-0.25, -0.2) is 14.6 Å². The Morgan fingerprint density at radius 1 is 1.24 bits per heavy atom. The fourth-order valence-corrected chi connectivity index (χ4v) is 3.31. The largest absolute Gasteiger partial charge is 0.247 e. The molecule has 0 spiro atoms. The molecule has 1 fully saturated rings. The first-order chi connectivity index (χ1) is 12.0. The number of halogens is 3. The molecule has 4 rings (SSSR count). The van der Waals surface area contributed by atoms with Crippen molar-refractivity contribution in [1.29, 1.82) is 0 Å². The van der Waals surface area contributed by atoms with E-state index >= 15 is 0 Å². The summed E-state index contributed by atoms with van der Waals surface area (Å²) in [6, 6.07) is 5.23. The number of fused-ring (bicyclic) bond motifs is 1. The molecule has 7 heteroatoms. The van der Waals surface area contributed by atoms with Crippen molar-refractivity contribution in [1.82, 2.24) is 19.7 Å². The molecule has 126 valence electrons. The summed E-state index contributed by atoms with van der Waals surface area (Å²) in [6.45, 7) is 1.99. The highest BCUT2D eigenvalue weighted by atomic mass is 35.5. The molecule has 1 aromatic carbocycles. The van der Waals surface area contributed by atoms with Crippen molar-refractivity contribution in [3.63, 3.8) is 0 Å². The highest BCUT2D eigenvalue weighted by Crippen LogP contribution is 2.31. The monoisotopic (exact) mass is 390 g/mol. The molecule has 0 aliphatic heterocycles. The number of rotatable bonds is 2. The second-order valence-electron chi connectivity index (χ2n) is 6.04. The van der Waals surface area contributed by atoms with E-state index in [1.54, 1.807) is 16.8 Å². The third kappa shape index (κ3) is 3.32. The maximum absolute atomic E-state index is 6.36. The quantitative estimate of drug-likeness (QED) is 0.567. The van der Waals surface area contributed by atoms with E-state index in [0.29, 0.717) is 38.0 Å². The molecule has 0 bridgehead atoms. The van der Waals surface area contributed by atoms with Gasteiger partial charge in [-0.2, -0.15) is 5.10 Å². The van der Waals surface area contributed by atoms with Gasteiger partial charge in [0.05, 0.1) is 12.2 Å². The summed E-state index contributed by atoms with van der Waals surface area (Å²) >= 11 is 18.4. The van der Waals surface area contributed by atoms with Crippen LogP contribution < -0.4 is 0 Å². The Morgan fingerprint density at radius 2 is 2.04 bits per heavy atom. The lowest BCUT2D eigenvalue weighted by Crippen LogP contribution is -2.10. The Labute approximate surface area is 160 Å². The third-order valence-corrected chi connectivity index (χ3v) is 4.87. The average molecular weight is 392 g/mol. The molecule has 1 atom stereocenters. The lowest BCUT2D eigenvalue weighted by molar-refractivity contribution is 0.577. The topological polar surface area (TPSA) is 43.6 Å². The van der Waals surface area contributed by atoms with Gasteiger partial charge in [-0.05, 0) is 43.4 Å². The van der Waals surface area contributed by atoms with Crippen LogP contribution in [0.3, 0.4) is 0 Å². The van der Waals surface area contributed by atoms with Crippen molar-refractivity contribution in [2.24, 2.45) is 5.92 Å². The van der Waals surface area contributed by atoms with E-state index in [0.717, 1.165) is 18.4 Å². The summed E-state index contributed by atoms with van der Waals surface area (Å²) < 4.78 is 1.76. The van der Waals surface area contributed by atoms with Gasteiger partial charge in [0, 0.05) is 16.0 Å². The molecule has 1 aliphatic rings. The minimum atomic E-state index is -0.170. The van der Waals surface area contributed by atoms with Crippen LogP contribution in [0.2, 0.25) is 15.2 Å². The molecular weight excluding hydrogens is 379 g/mol. The Balaban J connectivity index is 1.85. The Kier molecular flexibility index (Phi) is 4.33. The van der Waals surface area contributed by atoms with Gasteiger partial charge >= 0.3 is 0 Å². The molecule has 0 amide bonds. The van der Waals surface area contributed by atoms with Gasteiger partial charge in [0.2, 0.25) is 0 Å². The van der Waals surface area contributed by atoms with Crippen LogP contribution in [0.4, 0.5) is 0 Å². The minimum absolute atomic E-state index is 0.170. The van der Waals surface area contributed by atoms with Crippen LogP contribution in [0.25, 0.3) is 11.2 Å². The molecule has 4 nitrogen and oxygen atoms in total. The zero-order chi connectivity index (χ0) is 17.6. The molecule has 3 aromatic rings. The zero-order valence-corrected chi connectivity index (χ0v) is 15.6. The highest BCUT2D eigenvalue weighted by Gasteiger charge is 2.21. The first-order valence-corrected chi connectivity index (χ1v) is 9.03. The van der Waals surface area contributed by atoms with Crippen LogP contribution in [0.5, 0.6) is 0 Å². The molecule has 1 aliphatic carbocycles. The van der Waals surface area contributed by atoms with Crippen LogP contribution in [-0.4, -0.2) is 19.7 Å². The van der Waals surface area contributed by atoms with Crippen molar-refractivity contribution in [3.05, 3.63) is 50.9 Å². The second kappa shape index (κ2) is 6.49. The summed E-state index contributed by atoms with van der Waals surface area (Å²) in [5, 5.41) is 6.11. The smallest absolute Gasteiger partial charge is 0.180 e. The first-order valence-electron chi connectivity index (χ1n) is 7.90. The Bertz CT molecular complexity index is 1030. The first kappa shape index (κ1) is 16.7. The standard InChI is InChI=1S/C18H13Cl3N4/c1-10(13-6-5-12(19)8-14(13)20)25-18-17(22-9-16(21)23-18)15(24-25)7-4-11-2-3-11/h5-6,8-11H,2-3H2,1H3/t10-/m1/s1. The lowest BCUT2D eigenvalue weighted by atomic mass is 10.1. The number of hydrogen-bond donors (Lipinski definition) is 0. The summed E-state index contributed by atoms with van der Waals surface area (Å²) in [7, 11) is 0. The van der Waals surface area contributed by atoms with Crippen molar-refractivity contribution < 1.29 is 0 Å². The van der Waals surface area contributed by atoms with E-state index in [1.165, 1.54) is 6.20 Å². The van der Waals surface area contributed by atoms with Crippen molar-refractivity contribution in [3.8, 4) is 11.8 Å². The molecule has 0 radical (unpaired) electrons. The van der Waals surface area contributed by atoms with Gasteiger partial charge < -0.3 is 0 Å². The van der Waals surface area contributed by atoms with E-state index < -0.39 is 0 Å². The Morgan fingerprint density at radius 3 is 2.76 bits per heavy atom.